The summed E-state index contributed by atoms with van der Waals surface area (Å²) in [6, 6.07) is 3.53. The molecule has 1 aliphatic heterocycles. The van der Waals surface area contributed by atoms with Gasteiger partial charge in [-0.1, -0.05) is 0 Å². The third kappa shape index (κ3) is 2.65. The number of carbonyl (C=O) groups excluding carboxylic acids is 1. The molecule has 2 N–H and O–H groups in total. The molecule has 98 valence electrons. The molecule has 0 unspecified atom stereocenters. The van der Waals surface area contributed by atoms with Gasteiger partial charge in [-0.2, -0.15) is 0 Å². The Bertz CT molecular complexity index is 446. The van der Waals surface area contributed by atoms with Crippen molar-refractivity contribution in [3.8, 4) is 17.2 Å². The molecule has 0 spiro atoms. The highest BCUT2D eigenvalue weighted by Gasteiger charge is 2.18. The van der Waals surface area contributed by atoms with Gasteiger partial charge >= 0.3 is 5.97 Å². The SMILES string of the molecule is COC(=O)COc1cc2c(cc1CCN)OCO2. The molecule has 1 aromatic rings. The topological polar surface area (TPSA) is 80.0 Å². The second-order valence-electron chi connectivity index (χ2n) is 3.72. The van der Waals surface area contributed by atoms with Gasteiger partial charge in [0.25, 0.3) is 0 Å². The minimum atomic E-state index is -0.439. The Morgan fingerprint density at radius 1 is 1.39 bits per heavy atom. The molecule has 2 rings (SSSR count). The molecule has 0 amide bonds. The minimum Gasteiger partial charge on any atom is -0.481 e. The molecule has 0 radical (unpaired) electrons. The highest BCUT2D eigenvalue weighted by atomic mass is 16.7. The summed E-state index contributed by atoms with van der Waals surface area (Å²) in [4.78, 5) is 11.1. The van der Waals surface area contributed by atoms with Crippen LogP contribution in [-0.2, 0) is 16.0 Å². The maximum Gasteiger partial charge on any atom is 0.343 e. The lowest BCUT2D eigenvalue weighted by molar-refractivity contribution is -0.142. The highest BCUT2D eigenvalue weighted by molar-refractivity contribution is 5.71. The number of hydrogen-bond donors (Lipinski definition) is 1. The lowest BCUT2D eigenvalue weighted by atomic mass is 10.1. The monoisotopic (exact) mass is 253 g/mol. The van der Waals surface area contributed by atoms with Gasteiger partial charge in [-0.25, -0.2) is 4.79 Å². The molecule has 0 fully saturated rings. The van der Waals surface area contributed by atoms with E-state index >= 15 is 0 Å². The molecule has 1 heterocycles. The quantitative estimate of drug-likeness (QED) is 0.768. The van der Waals surface area contributed by atoms with Gasteiger partial charge in [0.15, 0.2) is 18.1 Å². The van der Waals surface area contributed by atoms with Crippen molar-refractivity contribution in [3.63, 3.8) is 0 Å². The Kier molecular flexibility index (Phi) is 3.88. The Morgan fingerprint density at radius 3 is 2.78 bits per heavy atom. The standard InChI is InChI=1S/C12H15NO5/c1-15-12(14)6-16-9-5-11-10(17-7-18-11)4-8(9)2-3-13/h4-5H,2-3,6-7,13H2,1H3. The van der Waals surface area contributed by atoms with E-state index in [0.717, 1.165) is 5.56 Å². The van der Waals surface area contributed by atoms with Crippen molar-refractivity contribution >= 4 is 5.97 Å². The number of ether oxygens (including phenoxy) is 4. The second kappa shape index (κ2) is 5.59. The molecule has 0 saturated carbocycles. The number of fused-ring (bicyclic) bond motifs is 1. The first-order chi connectivity index (χ1) is 8.74. The smallest absolute Gasteiger partial charge is 0.343 e. The molecule has 0 atom stereocenters. The van der Waals surface area contributed by atoms with Crippen LogP contribution in [0.25, 0.3) is 0 Å². The number of rotatable bonds is 5. The van der Waals surface area contributed by atoms with Crippen molar-refractivity contribution in [1.29, 1.82) is 0 Å². The van der Waals surface area contributed by atoms with E-state index in [1.165, 1.54) is 7.11 Å². The average Bonchev–Trinajstić information content (AvgIpc) is 2.83. The van der Waals surface area contributed by atoms with Crippen LogP contribution in [-0.4, -0.2) is 33.0 Å². The van der Waals surface area contributed by atoms with Crippen LogP contribution in [0.1, 0.15) is 5.56 Å². The zero-order valence-corrected chi connectivity index (χ0v) is 10.1. The molecule has 0 aromatic heterocycles. The molecule has 0 aliphatic carbocycles. The Morgan fingerprint density at radius 2 is 2.11 bits per heavy atom. The Balaban J connectivity index is 2.18. The minimum absolute atomic E-state index is 0.145. The van der Waals surface area contributed by atoms with Gasteiger partial charge in [0.2, 0.25) is 6.79 Å². The highest BCUT2D eigenvalue weighted by Crippen LogP contribution is 2.38. The summed E-state index contributed by atoms with van der Waals surface area (Å²) in [5.41, 5.74) is 6.42. The van der Waals surface area contributed by atoms with Crippen LogP contribution in [0.4, 0.5) is 0 Å². The van der Waals surface area contributed by atoms with E-state index in [-0.39, 0.29) is 13.4 Å². The average molecular weight is 253 g/mol. The molecule has 1 aromatic carbocycles. The first-order valence-corrected chi connectivity index (χ1v) is 5.56. The van der Waals surface area contributed by atoms with Gasteiger partial charge in [0.1, 0.15) is 5.75 Å². The van der Waals surface area contributed by atoms with E-state index in [9.17, 15) is 4.79 Å². The largest absolute Gasteiger partial charge is 0.481 e. The number of benzene rings is 1. The number of hydrogen-bond acceptors (Lipinski definition) is 6. The van der Waals surface area contributed by atoms with E-state index < -0.39 is 5.97 Å². The molecular formula is C12H15NO5. The van der Waals surface area contributed by atoms with E-state index in [2.05, 4.69) is 4.74 Å². The normalized spacial score (nSPS) is 12.3. The molecule has 6 nitrogen and oxygen atoms in total. The Hall–Kier alpha value is -1.95. The number of carbonyl (C=O) groups is 1. The first kappa shape index (κ1) is 12.5. The van der Waals surface area contributed by atoms with Crippen LogP contribution in [0.3, 0.4) is 0 Å². The van der Waals surface area contributed by atoms with Crippen molar-refractivity contribution in [1.82, 2.24) is 0 Å². The van der Waals surface area contributed by atoms with Gasteiger partial charge in [-0.05, 0) is 24.6 Å². The molecule has 6 heteroatoms. The van der Waals surface area contributed by atoms with E-state index in [0.29, 0.717) is 30.2 Å². The van der Waals surface area contributed by atoms with Crippen LogP contribution in [0.15, 0.2) is 12.1 Å². The Labute approximate surface area is 105 Å². The van der Waals surface area contributed by atoms with Crippen molar-refractivity contribution < 1.29 is 23.7 Å². The van der Waals surface area contributed by atoms with Crippen LogP contribution in [0.2, 0.25) is 0 Å². The zero-order valence-electron chi connectivity index (χ0n) is 10.1. The van der Waals surface area contributed by atoms with Crippen LogP contribution >= 0.6 is 0 Å². The predicted octanol–water partition coefficient (Wildman–Crippen LogP) is 0.468. The zero-order chi connectivity index (χ0) is 13.0. The van der Waals surface area contributed by atoms with Gasteiger partial charge < -0.3 is 24.7 Å². The van der Waals surface area contributed by atoms with Gasteiger partial charge in [-0.15, -0.1) is 0 Å². The summed E-state index contributed by atoms with van der Waals surface area (Å²) in [5.74, 6) is 1.40. The molecular weight excluding hydrogens is 238 g/mol. The maximum atomic E-state index is 11.1. The molecule has 1 aliphatic rings. The fourth-order valence-corrected chi connectivity index (χ4v) is 1.65. The summed E-state index contributed by atoms with van der Waals surface area (Å²) < 4.78 is 20.5. The van der Waals surface area contributed by atoms with Crippen molar-refractivity contribution in [2.45, 2.75) is 6.42 Å². The van der Waals surface area contributed by atoms with Crippen LogP contribution in [0, 0.1) is 0 Å². The maximum absolute atomic E-state index is 11.1. The third-order valence-electron chi connectivity index (χ3n) is 2.54. The van der Waals surface area contributed by atoms with E-state index in [1.54, 1.807) is 6.07 Å². The van der Waals surface area contributed by atoms with Crippen molar-refractivity contribution in [2.24, 2.45) is 5.73 Å². The summed E-state index contributed by atoms with van der Waals surface area (Å²) in [6.07, 6.45) is 0.632. The third-order valence-corrected chi connectivity index (χ3v) is 2.54. The van der Waals surface area contributed by atoms with E-state index in [4.69, 9.17) is 19.9 Å². The van der Waals surface area contributed by atoms with Gasteiger partial charge in [0.05, 0.1) is 7.11 Å². The fourth-order valence-electron chi connectivity index (χ4n) is 1.65. The molecule has 0 bridgehead atoms. The van der Waals surface area contributed by atoms with Crippen LogP contribution < -0.4 is 19.9 Å². The number of nitrogens with two attached hydrogens (primary N) is 1. The van der Waals surface area contributed by atoms with Crippen molar-refractivity contribution in [2.75, 3.05) is 27.1 Å². The van der Waals surface area contributed by atoms with Crippen LogP contribution in [0.5, 0.6) is 17.2 Å². The first-order valence-electron chi connectivity index (χ1n) is 5.56. The molecule has 0 saturated heterocycles. The predicted molar refractivity (Wildman–Crippen MR) is 62.8 cm³/mol. The summed E-state index contributed by atoms with van der Waals surface area (Å²) in [6.45, 7) is 0.528. The van der Waals surface area contributed by atoms with Gasteiger partial charge in [0, 0.05) is 6.07 Å². The second-order valence-corrected chi connectivity index (χ2v) is 3.72. The fraction of sp³-hybridized carbons (Fsp3) is 0.417. The molecule has 18 heavy (non-hydrogen) atoms. The van der Waals surface area contributed by atoms with E-state index in [1.807, 2.05) is 6.07 Å². The summed E-state index contributed by atoms with van der Waals surface area (Å²) in [5, 5.41) is 0. The lowest BCUT2D eigenvalue weighted by Crippen LogP contribution is -2.14. The summed E-state index contributed by atoms with van der Waals surface area (Å²) in [7, 11) is 1.31. The number of methoxy groups -OCH3 is 1. The number of esters is 1. The summed E-state index contributed by atoms with van der Waals surface area (Å²) >= 11 is 0. The van der Waals surface area contributed by atoms with Crippen molar-refractivity contribution in [3.05, 3.63) is 17.7 Å². The lowest BCUT2D eigenvalue weighted by Gasteiger charge is -2.11. The van der Waals surface area contributed by atoms with Gasteiger partial charge in [-0.3, -0.25) is 0 Å².